The number of nitrogens with one attached hydrogen (secondary N) is 2. The van der Waals surface area contributed by atoms with Gasteiger partial charge in [-0.05, 0) is 38.8 Å². The molecule has 0 saturated carbocycles. The summed E-state index contributed by atoms with van der Waals surface area (Å²) in [5, 5.41) is 13.4. The number of para-hydroxylation sites is 1. The number of hydrogen-bond donors (Lipinski definition) is 3. The monoisotopic (exact) mass is 276 g/mol. The number of hydrogen-bond acceptors (Lipinski definition) is 3. The summed E-state index contributed by atoms with van der Waals surface area (Å²) in [7, 11) is 0. The SMILES string of the molecule is CC(C)(C)OC(=O)NCCc1c[nH]c2c(O)cccc12. The van der Waals surface area contributed by atoms with Crippen LogP contribution < -0.4 is 5.32 Å². The van der Waals surface area contributed by atoms with Crippen molar-refractivity contribution < 1.29 is 14.6 Å². The lowest BCUT2D eigenvalue weighted by Crippen LogP contribution is -2.33. The van der Waals surface area contributed by atoms with Crippen molar-refractivity contribution >= 4 is 17.0 Å². The predicted octanol–water partition coefficient (Wildman–Crippen LogP) is 2.94. The second-order valence-electron chi connectivity index (χ2n) is 5.69. The number of fused-ring (bicyclic) bond motifs is 1. The second-order valence-corrected chi connectivity index (χ2v) is 5.69. The van der Waals surface area contributed by atoms with Crippen molar-refractivity contribution in [2.75, 3.05) is 6.54 Å². The van der Waals surface area contributed by atoms with Crippen LogP contribution >= 0.6 is 0 Å². The molecule has 5 heteroatoms. The third-order valence-electron chi connectivity index (χ3n) is 2.84. The van der Waals surface area contributed by atoms with Crippen LogP contribution in [0, 0.1) is 0 Å². The first-order valence-corrected chi connectivity index (χ1v) is 6.61. The van der Waals surface area contributed by atoms with Crippen LogP contribution in [0.2, 0.25) is 0 Å². The van der Waals surface area contributed by atoms with Crippen molar-refractivity contribution in [1.82, 2.24) is 10.3 Å². The van der Waals surface area contributed by atoms with Crippen molar-refractivity contribution in [3.63, 3.8) is 0 Å². The molecule has 3 N–H and O–H groups in total. The lowest BCUT2D eigenvalue weighted by molar-refractivity contribution is 0.0528. The van der Waals surface area contributed by atoms with Gasteiger partial charge in [-0.3, -0.25) is 0 Å². The summed E-state index contributed by atoms with van der Waals surface area (Å²) in [5.74, 6) is 0.230. The Bertz CT molecular complexity index is 611. The van der Waals surface area contributed by atoms with Gasteiger partial charge in [0.1, 0.15) is 11.4 Å². The van der Waals surface area contributed by atoms with Gasteiger partial charge in [0.25, 0.3) is 0 Å². The van der Waals surface area contributed by atoms with Gasteiger partial charge in [0, 0.05) is 18.1 Å². The van der Waals surface area contributed by atoms with Crippen LogP contribution in [0.4, 0.5) is 4.79 Å². The maximum atomic E-state index is 11.5. The lowest BCUT2D eigenvalue weighted by atomic mass is 10.1. The smallest absolute Gasteiger partial charge is 0.407 e. The molecule has 2 rings (SSSR count). The summed E-state index contributed by atoms with van der Waals surface area (Å²) < 4.78 is 5.17. The molecule has 0 aliphatic carbocycles. The summed E-state index contributed by atoms with van der Waals surface area (Å²) in [5.41, 5.74) is 1.28. The van der Waals surface area contributed by atoms with Crippen LogP contribution in [-0.2, 0) is 11.2 Å². The quantitative estimate of drug-likeness (QED) is 0.807. The molecule has 1 heterocycles. The van der Waals surface area contributed by atoms with Crippen molar-refractivity contribution in [2.24, 2.45) is 0 Å². The number of aromatic hydroxyl groups is 1. The van der Waals surface area contributed by atoms with E-state index in [0.29, 0.717) is 13.0 Å². The molecular formula is C15H20N2O3. The fourth-order valence-electron chi connectivity index (χ4n) is 2.02. The first-order chi connectivity index (χ1) is 9.37. The van der Waals surface area contributed by atoms with Crippen LogP contribution in [0.15, 0.2) is 24.4 Å². The topological polar surface area (TPSA) is 74.3 Å². The zero-order valence-corrected chi connectivity index (χ0v) is 12.0. The van der Waals surface area contributed by atoms with Crippen LogP contribution in [0.5, 0.6) is 5.75 Å². The molecule has 0 saturated heterocycles. The fourth-order valence-corrected chi connectivity index (χ4v) is 2.02. The third kappa shape index (κ3) is 3.44. The largest absolute Gasteiger partial charge is 0.506 e. The van der Waals surface area contributed by atoms with Crippen LogP contribution in [0.1, 0.15) is 26.3 Å². The first kappa shape index (κ1) is 14.2. The Balaban J connectivity index is 1.94. The number of amides is 1. The van der Waals surface area contributed by atoms with Gasteiger partial charge >= 0.3 is 6.09 Å². The van der Waals surface area contributed by atoms with E-state index >= 15 is 0 Å². The molecule has 0 bridgehead atoms. The standard InChI is InChI=1S/C15H20N2O3/c1-15(2,3)20-14(19)16-8-7-10-9-17-13-11(10)5-4-6-12(13)18/h4-6,9,17-18H,7-8H2,1-3H3,(H,16,19). The Hall–Kier alpha value is -2.17. The molecule has 0 fully saturated rings. The highest BCUT2D eigenvalue weighted by Crippen LogP contribution is 2.26. The minimum atomic E-state index is -0.489. The molecule has 20 heavy (non-hydrogen) atoms. The minimum Gasteiger partial charge on any atom is -0.506 e. The summed E-state index contributed by atoms with van der Waals surface area (Å²) in [4.78, 5) is 14.6. The maximum Gasteiger partial charge on any atom is 0.407 e. The number of aromatic nitrogens is 1. The van der Waals surface area contributed by atoms with Crippen molar-refractivity contribution in [2.45, 2.75) is 32.8 Å². The van der Waals surface area contributed by atoms with Gasteiger partial charge in [-0.1, -0.05) is 12.1 Å². The lowest BCUT2D eigenvalue weighted by Gasteiger charge is -2.19. The summed E-state index contributed by atoms with van der Waals surface area (Å²) in [6.07, 6.45) is 2.10. The third-order valence-corrected chi connectivity index (χ3v) is 2.84. The highest BCUT2D eigenvalue weighted by molar-refractivity contribution is 5.88. The summed E-state index contributed by atoms with van der Waals surface area (Å²) >= 11 is 0. The van der Waals surface area contributed by atoms with Gasteiger partial charge in [0.05, 0.1) is 5.52 Å². The van der Waals surface area contributed by atoms with Crippen molar-refractivity contribution in [3.05, 3.63) is 30.0 Å². The molecule has 0 aliphatic rings. The van der Waals surface area contributed by atoms with E-state index in [1.807, 2.05) is 33.0 Å². The average Bonchev–Trinajstić information content (AvgIpc) is 2.72. The zero-order valence-electron chi connectivity index (χ0n) is 12.0. The van der Waals surface area contributed by atoms with Crippen molar-refractivity contribution in [1.29, 1.82) is 0 Å². The minimum absolute atomic E-state index is 0.230. The van der Waals surface area contributed by atoms with Gasteiger partial charge in [0.15, 0.2) is 0 Å². The molecule has 0 unspecified atom stereocenters. The summed E-state index contributed by atoms with van der Waals surface area (Å²) in [6.45, 7) is 5.97. The Kier molecular flexibility index (Phi) is 3.88. The maximum absolute atomic E-state index is 11.5. The number of benzene rings is 1. The number of ether oxygens (including phenoxy) is 1. The molecule has 0 spiro atoms. The number of phenols is 1. The molecule has 0 radical (unpaired) electrons. The number of phenolic OH excluding ortho intramolecular Hbond substituents is 1. The summed E-state index contributed by atoms with van der Waals surface area (Å²) in [6, 6.07) is 5.38. The Morgan fingerprint density at radius 1 is 1.40 bits per heavy atom. The number of aromatic amines is 1. The Labute approximate surface area is 117 Å². The van der Waals surface area contributed by atoms with Crippen molar-refractivity contribution in [3.8, 4) is 5.75 Å². The van der Waals surface area contributed by atoms with E-state index in [1.165, 1.54) is 0 Å². The molecule has 0 atom stereocenters. The number of alkyl carbamates (subject to hydrolysis) is 1. The molecule has 1 aromatic heterocycles. The first-order valence-electron chi connectivity index (χ1n) is 6.61. The van der Waals surface area contributed by atoms with Crippen LogP contribution in [0.25, 0.3) is 10.9 Å². The van der Waals surface area contributed by atoms with E-state index in [0.717, 1.165) is 16.5 Å². The molecular weight excluding hydrogens is 256 g/mol. The van der Waals surface area contributed by atoms with Gasteiger partial charge in [-0.25, -0.2) is 4.79 Å². The van der Waals surface area contributed by atoms with E-state index in [4.69, 9.17) is 4.74 Å². The number of carbonyl (C=O) groups is 1. The Morgan fingerprint density at radius 2 is 2.15 bits per heavy atom. The van der Waals surface area contributed by atoms with E-state index in [9.17, 15) is 9.90 Å². The average molecular weight is 276 g/mol. The van der Waals surface area contributed by atoms with E-state index in [2.05, 4.69) is 10.3 Å². The van der Waals surface area contributed by atoms with E-state index in [1.54, 1.807) is 12.1 Å². The molecule has 2 aromatic rings. The van der Waals surface area contributed by atoms with E-state index < -0.39 is 11.7 Å². The van der Waals surface area contributed by atoms with Gasteiger partial charge in [-0.2, -0.15) is 0 Å². The number of carbonyl (C=O) groups excluding carboxylic acids is 1. The highest BCUT2D eigenvalue weighted by atomic mass is 16.6. The van der Waals surface area contributed by atoms with Gasteiger partial charge in [0.2, 0.25) is 0 Å². The second kappa shape index (κ2) is 5.45. The fraction of sp³-hybridized carbons (Fsp3) is 0.400. The number of H-pyrrole nitrogens is 1. The molecule has 0 aliphatic heterocycles. The van der Waals surface area contributed by atoms with E-state index in [-0.39, 0.29) is 5.75 Å². The normalized spacial score (nSPS) is 11.6. The van der Waals surface area contributed by atoms with Crippen LogP contribution in [0.3, 0.4) is 0 Å². The van der Waals surface area contributed by atoms with Gasteiger partial charge in [-0.15, -0.1) is 0 Å². The van der Waals surface area contributed by atoms with Crippen LogP contribution in [-0.4, -0.2) is 28.3 Å². The highest BCUT2D eigenvalue weighted by Gasteiger charge is 2.15. The zero-order chi connectivity index (χ0) is 14.8. The molecule has 1 aromatic carbocycles. The molecule has 1 amide bonds. The molecule has 108 valence electrons. The Morgan fingerprint density at radius 3 is 2.85 bits per heavy atom. The van der Waals surface area contributed by atoms with Gasteiger partial charge < -0.3 is 20.1 Å². The molecule has 5 nitrogen and oxygen atoms in total. The number of rotatable bonds is 3. The predicted molar refractivity (Wildman–Crippen MR) is 77.9 cm³/mol.